The largest absolute Gasteiger partial charge is 0.465 e. The van der Waals surface area contributed by atoms with Gasteiger partial charge in [-0.3, -0.25) is 18.7 Å². The number of ether oxygens (including phenoxy) is 1. The van der Waals surface area contributed by atoms with E-state index >= 15 is 0 Å². The first kappa shape index (κ1) is 17.5. The van der Waals surface area contributed by atoms with Crippen molar-refractivity contribution in [2.45, 2.75) is 19.1 Å². The number of amides is 1. The van der Waals surface area contributed by atoms with Crippen LogP contribution >= 0.6 is 11.3 Å². The summed E-state index contributed by atoms with van der Waals surface area (Å²) in [5.74, 6) is -0.129. The fourth-order valence-corrected chi connectivity index (χ4v) is 3.78. The van der Waals surface area contributed by atoms with E-state index in [1.54, 1.807) is 18.1 Å². The van der Waals surface area contributed by atoms with Gasteiger partial charge in [0.25, 0.3) is 10.8 Å². The summed E-state index contributed by atoms with van der Waals surface area (Å²) in [4.78, 5) is 47.1. The van der Waals surface area contributed by atoms with Gasteiger partial charge in [0, 0.05) is 38.6 Å². The van der Waals surface area contributed by atoms with Gasteiger partial charge in [-0.1, -0.05) is 11.3 Å². The molecule has 1 amide bonds. The Labute approximate surface area is 157 Å². The predicted molar refractivity (Wildman–Crippen MR) is 97.9 cm³/mol. The van der Waals surface area contributed by atoms with Crippen LogP contribution in [0.3, 0.4) is 0 Å². The van der Waals surface area contributed by atoms with Gasteiger partial charge < -0.3 is 14.2 Å². The summed E-state index contributed by atoms with van der Waals surface area (Å²) >= 11 is 1.42. The number of imidazole rings is 1. The van der Waals surface area contributed by atoms with Crippen LogP contribution in [0.25, 0.3) is 11.2 Å². The molecule has 1 atom stereocenters. The molecule has 11 heteroatoms. The number of likely N-dealkylation sites (tertiary alicyclic amines) is 1. The van der Waals surface area contributed by atoms with Gasteiger partial charge in [-0.25, -0.2) is 14.8 Å². The van der Waals surface area contributed by atoms with Gasteiger partial charge in [0.15, 0.2) is 11.2 Å². The Morgan fingerprint density at radius 1 is 1.30 bits per heavy atom. The topological polar surface area (TPSA) is 104 Å². The van der Waals surface area contributed by atoms with E-state index in [9.17, 15) is 14.4 Å². The number of hydrogen-bond donors (Lipinski definition) is 0. The summed E-state index contributed by atoms with van der Waals surface area (Å²) < 4.78 is 9.57. The van der Waals surface area contributed by atoms with Crippen LogP contribution in [0.1, 0.15) is 6.42 Å². The number of carbonyl (C=O) groups is 1. The van der Waals surface area contributed by atoms with Crippen LogP contribution in [0, 0.1) is 0 Å². The van der Waals surface area contributed by atoms with E-state index < -0.39 is 11.2 Å². The molecule has 0 N–H and O–H groups in total. The minimum atomic E-state index is -0.468. The summed E-state index contributed by atoms with van der Waals surface area (Å²) in [6.07, 6.45) is 3.74. The van der Waals surface area contributed by atoms with Gasteiger partial charge in [0.2, 0.25) is 5.91 Å². The Balaban J connectivity index is 1.52. The maximum absolute atomic E-state index is 12.7. The lowest BCUT2D eigenvalue weighted by molar-refractivity contribution is -0.131. The van der Waals surface area contributed by atoms with Crippen LogP contribution < -0.4 is 16.0 Å². The normalized spacial score (nSPS) is 17.0. The predicted octanol–water partition coefficient (Wildman–Crippen LogP) is -0.430. The Morgan fingerprint density at radius 3 is 2.85 bits per heavy atom. The summed E-state index contributed by atoms with van der Waals surface area (Å²) in [5, 5.41) is 2.44. The molecule has 10 nitrogen and oxygen atoms in total. The smallest absolute Gasteiger partial charge is 0.332 e. The van der Waals surface area contributed by atoms with E-state index in [1.807, 2.05) is 5.38 Å². The lowest BCUT2D eigenvalue weighted by atomic mass is 10.3. The average Bonchev–Trinajstić information content (AvgIpc) is 3.39. The van der Waals surface area contributed by atoms with E-state index in [1.165, 1.54) is 33.8 Å². The van der Waals surface area contributed by atoms with Crippen LogP contribution in [0.4, 0.5) is 0 Å². The molecular weight excluding hydrogens is 372 g/mol. The van der Waals surface area contributed by atoms with Crippen molar-refractivity contribution in [1.82, 2.24) is 28.6 Å². The number of thiazole rings is 1. The molecule has 1 fully saturated rings. The van der Waals surface area contributed by atoms with Crippen molar-refractivity contribution in [3.05, 3.63) is 38.7 Å². The Bertz CT molecular complexity index is 1110. The van der Waals surface area contributed by atoms with E-state index in [0.29, 0.717) is 18.3 Å². The SMILES string of the molecule is Cn1c(=O)c2c(ncn2CC(=O)N2CCC(Oc3nccs3)C2)n(C)c1=O. The van der Waals surface area contributed by atoms with Gasteiger partial charge in [0.1, 0.15) is 12.6 Å². The molecule has 3 aromatic rings. The number of nitrogens with zero attached hydrogens (tertiary/aromatic N) is 6. The lowest BCUT2D eigenvalue weighted by Crippen LogP contribution is -2.38. The minimum Gasteiger partial charge on any atom is -0.465 e. The molecule has 0 bridgehead atoms. The third-order valence-corrected chi connectivity index (χ3v) is 5.36. The third kappa shape index (κ3) is 3.03. The summed E-state index contributed by atoms with van der Waals surface area (Å²) in [5.41, 5.74) is -0.416. The number of hydrogen-bond acceptors (Lipinski definition) is 7. The fourth-order valence-electron chi connectivity index (χ4n) is 3.22. The molecule has 0 spiro atoms. The molecule has 1 unspecified atom stereocenters. The highest BCUT2D eigenvalue weighted by atomic mass is 32.1. The molecule has 3 aromatic heterocycles. The second kappa shape index (κ2) is 6.65. The van der Waals surface area contributed by atoms with E-state index in [4.69, 9.17) is 4.74 Å². The standard InChI is InChI=1S/C16H18N6O4S/c1-19-13-12(14(24)20(2)16(19)25)22(9-18-13)8-11(23)21-5-3-10(7-21)26-15-17-4-6-27-15/h4,6,9-10H,3,5,7-8H2,1-2H3. The van der Waals surface area contributed by atoms with Crippen LogP contribution in [0.15, 0.2) is 27.5 Å². The molecule has 1 saturated heterocycles. The van der Waals surface area contributed by atoms with Crippen LogP contribution in [-0.2, 0) is 25.4 Å². The molecule has 0 radical (unpaired) electrons. The van der Waals surface area contributed by atoms with E-state index in [2.05, 4.69) is 9.97 Å². The van der Waals surface area contributed by atoms with Gasteiger partial charge in [-0.05, 0) is 0 Å². The molecule has 0 aliphatic carbocycles. The zero-order chi connectivity index (χ0) is 19.1. The molecular formula is C16H18N6O4S. The first-order valence-corrected chi connectivity index (χ1v) is 9.28. The van der Waals surface area contributed by atoms with E-state index in [0.717, 1.165) is 11.0 Å². The van der Waals surface area contributed by atoms with E-state index in [-0.39, 0.29) is 29.7 Å². The van der Waals surface area contributed by atoms with Gasteiger partial charge in [-0.2, -0.15) is 0 Å². The quantitative estimate of drug-likeness (QED) is 0.599. The highest BCUT2D eigenvalue weighted by Gasteiger charge is 2.28. The van der Waals surface area contributed by atoms with Crippen LogP contribution in [-0.4, -0.2) is 53.7 Å². The van der Waals surface area contributed by atoms with Crippen molar-refractivity contribution in [1.29, 1.82) is 0 Å². The van der Waals surface area contributed by atoms with Gasteiger partial charge >= 0.3 is 5.69 Å². The third-order valence-electron chi connectivity index (χ3n) is 4.70. The van der Waals surface area contributed by atoms with Crippen molar-refractivity contribution < 1.29 is 9.53 Å². The molecule has 4 heterocycles. The van der Waals surface area contributed by atoms with Crippen molar-refractivity contribution in [3.8, 4) is 5.19 Å². The maximum Gasteiger partial charge on any atom is 0.332 e. The minimum absolute atomic E-state index is 0.0199. The average molecular weight is 390 g/mol. The van der Waals surface area contributed by atoms with Crippen LogP contribution in [0.2, 0.25) is 0 Å². The number of carbonyl (C=O) groups excluding carboxylic acids is 1. The zero-order valence-electron chi connectivity index (χ0n) is 14.9. The molecule has 27 heavy (non-hydrogen) atoms. The number of aromatic nitrogens is 5. The van der Waals surface area contributed by atoms with Gasteiger partial charge in [0.05, 0.1) is 12.9 Å². The number of aryl methyl sites for hydroxylation is 1. The van der Waals surface area contributed by atoms with Crippen molar-refractivity contribution in [2.24, 2.45) is 14.1 Å². The molecule has 0 aromatic carbocycles. The molecule has 1 aliphatic heterocycles. The van der Waals surface area contributed by atoms with Crippen molar-refractivity contribution in [3.63, 3.8) is 0 Å². The monoisotopic (exact) mass is 390 g/mol. The fraction of sp³-hybridized carbons (Fsp3) is 0.438. The number of fused-ring (bicyclic) bond motifs is 1. The molecule has 1 aliphatic rings. The number of rotatable bonds is 4. The highest BCUT2D eigenvalue weighted by Crippen LogP contribution is 2.20. The summed E-state index contributed by atoms with van der Waals surface area (Å²) in [6, 6.07) is 0. The lowest BCUT2D eigenvalue weighted by Gasteiger charge is -2.17. The second-order valence-electron chi connectivity index (χ2n) is 6.42. The second-order valence-corrected chi connectivity index (χ2v) is 7.27. The Hall–Kier alpha value is -2.95. The maximum atomic E-state index is 12.7. The van der Waals surface area contributed by atoms with Crippen molar-refractivity contribution in [2.75, 3.05) is 13.1 Å². The molecule has 4 rings (SSSR count). The first-order valence-electron chi connectivity index (χ1n) is 8.40. The van der Waals surface area contributed by atoms with Crippen molar-refractivity contribution >= 4 is 28.4 Å². The van der Waals surface area contributed by atoms with Gasteiger partial charge in [-0.15, -0.1) is 0 Å². The Morgan fingerprint density at radius 2 is 2.11 bits per heavy atom. The Kier molecular flexibility index (Phi) is 4.30. The highest BCUT2D eigenvalue weighted by molar-refractivity contribution is 7.11. The van der Waals surface area contributed by atoms with Crippen LogP contribution in [0.5, 0.6) is 5.19 Å². The molecule has 142 valence electrons. The first-order chi connectivity index (χ1) is 13.0. The molecule has 0 saturated carbocycles. The summed E-state index contributed by atoms with van der Waals surface area (Å²) in [6.45, 7) is 1.04. The summed E-state index contributed by atoms with van der Waals surface area (Å²) in [7, 11) is 2.95. The zero-order valence-corrected chi connectivity index (χ0v) is 15.7.